The van der Waals surface area contributed by atoms with Crippen LogP contribution in [0.4, 0.5) is 0 Å². The lowest BCUT2D eigenvalue weighted by Gasteiger charge is -2.34. The molecule has 0 radical (unpaired) electrons. The molecule has 35 heavy (non-hydrogen) atoms. The van der Waals surface area contributed by atoms with E-state index >= 15 is 0 Å². The van der Waals surface area contributed by atoms with Gasteiger partial charge in [-0.15, -0.1) is 0 Å². The van der Waals surface area contributed by atoms with Gasteiger partial charge in [-0.1, -0.05) is 115 Å². The van der Waals surface area contributed by atoms with E-state index in [0.717, 1.165) is 28.2 Å². The Kier molecular flexibility index (Phi) is 5.27. The number of para-hydroxylation sites is 1. The number of hydrogen-bond donors (Lipinski definition) is 1. The summed E-state index contributed by atoms with van der Waals surface area (Å²) in [5.41, 5.74) is 8.39. The average molecular weight is 451 g/mol. The van der Waals surface area contributed by atoms with E-state index in [1.54, 1.807) is 0 Å². The molecule has 2 heterocycles. The number of hydrogen-bond acceptors (Lipinski definition) is 1. The number of fused-ring (bicyclic) bond motifs is 1. The Morgan fingerprint density at radius 3 is 1.86 bits per heavy atom. The van der Waals surface area contributed by atoms with Gasteiger partial charge >= 0.3 is 0 Å². The lowest BCUT2D eigenvalue weighted by molar-refractivity contribution is 0.848. The molecular formula is C33H26N2. The second kappa shape index (κ2) is 8.73. The smallest absolute Gasteiger partial charge is 0.0901 e. The summed E-state index contributed by atoms with van der Waals surface area (Å²) in [5.74, 6) is 0. The number of nitrogens with zero attached hydrogens (tertiary/aromatic N) is 1. The quantitative estimate of drug-likeness (QED) is 0.288. The largest absolute Gasteiger partial charge is 0.355 e. The van der Waals surface area contributed by atoms with Crippen molar-refractivity contribution >= 4 is 22.7 Å². The summed E-state index contributed by atoms with van der Waals surface area (Å²) in [6.07, 6.45) is 4.42. The van der Waals surface area contributed by atoms with Crippen LogP contribution in [-0.4, -0.2) is 10.7 Å². The van der Waals surface area contributed by atoms with E-state index in [4.69, 9.17) is 4.99 Å². The minimum absolute atomic E-state index is 0.553. The van der Waals surface area contributed by atoms with Crippen molar-refractivity contribution in [1.29, 1.82) is 0 Å². The summed E-state index contributed by atoms with van der Waals surface area (Å²) < 4.78 is 0. The molecule has 0 bridgehead atoms. The maximum absolute atomic E-state index is 5.31. The van der Waals surface area contributed by atoms with Crippen LogP contribution in [0, 0.1) is 0 Å². The normalized spacial score (nSPS) is 17.2. The van der Waals surface area contributed by atoms with Crippen molar-refractivity contribution in [1.82, 2.24) is 4.98 Å². The van der Waals surface area contributed by atoms with Crippen molar-refractivity contribution in [2.45, 2.75) is 12.3 Å². The summed E-state index contributed by atoms with van der Waals surface area (Å²) in [7, 11) is 0. The van der Waals surface area contributed by atoms with Crippen molar-refractivity contribution in [2.75, 3.05) is 0 Å². The molecule has 1 aliphatic rings. The fraction of sp³-hybridized carbons (Fsp3) is 0.0606. The number of aliphatic imine (C=N–C) groups is 1. The highest BCUT2D eigenvalue weighted by Crippen LogP contribution is 2.50. The van der Waals surface area contributed by atoms with Crippen LogP contribution >= 0.6 is 0 Å². The van der Waals surface area contributed by atoms with Crippen molar-refractivity contribution in [3.05, 3.63) is 161 Å². The molecule has 1 aliphatic heterocycles. The Hall–Kier alpha value is -4.43. The lowest BCUT2D eigenvalue weighted by atomic mass is 9.65. The molecule has 168 valence electrons. The molecule has 0 spiro atoms. The fourth-order valence-electron chi connectivity index (χ4n) is 5.32. The summed E-state index contributed by atoms with van der Waals surface area (Å²) in [4.78, 5) is 8.92. The molecule has 2 nitrogen and oxygen atoms in total. The number of aromatic nitrogens is 1. The predicted octanol–water partition coefficient (Wildman–Crippen LogP) is 7.94. The van der Waals surface area contributed by atoms with Crippen molar-refractivity contribution < 1.29 is 0 Å². The van der Waals surface area contributed by atoms with E-state index in [9.17, 15) is 0 Å². The van der Waals surface area contributed by atoms with Crippen molar-refractivity contribution in [3.63, 3.8) is 0 Å². The molecule has 0 saturated heterocycles. The summed E-state index contributed by atoms with van der Waals surface area (Å²) >= 11 is 0. The van der Waals surface area contributed by atoms with E-state index < -0.39 is 5.41 Å². The molecule has 0 fully saturated rings. The van der Waals surface area contributed by atoms with Gasteiger partial charge in [-0.05, 0) is 47.2 Å². The van der Waals surface area contributed by atoms with Gasteiger partial charge in [-0.25, -0.2) is 0 Å². The van der Waals surface area contributed by atoms with Gasteiger partial charge in [0.1, 0.15) is 0 Å². The molecule has 0 atom stereocenters. The molecule has 0 aliphatic carbocycles. The minimum Gasteiger partial charge on any atom is -0.355 e. The van der Waals surface area contributed by atoms with Gasteiger partial charge in [0, 0.05) is 16.8 Å². The third-order valence-corrected chi connectivity index (χ3v) is 6.85. The Labute approximate surface area is 206 Å². The number of allylic oxidation sites excluding steroid dienone is 2. The second-order valence-electron chi connectivity index (χ2n) is 8.85. The third kappa shape index (κ3) is 3.46. The number of nitrogens with one attached hydrogen (secondary N) is 1. The highest BCUT2D eigenvalue weighted by molar-refractivity contribution is 6.17. The average Bonchev–Trinajstić information content (AvgIpc) is 3.49. The maximum atomic E-state index is 5.31. The molecule has 4 aromatic carbocycles. The van der Waals surface area contributed by atoms with Gasteiger partial charge in [-0.3, -0.25) is 4.99 Å². The fourth-order valence-corrected chi connectivity index (χ4v) is 5.32. The summed E-state index contributed by atoms with van der Waals surface area (Å²) in [6.45, 7) is 2.08. The van der Waals surface area contributed by atoms with Crippen LogP contribution in [0.1, 0.15) is 29.3 Å². The monoisotopic (exact) mass is 450 g/mol. The van der Waals surface area contributed by atoms with E-state index in [2.05, 4.69) is 145 Å². The third-order valence-electron chi connectivity index (χ3n) is 6.85. The summed E-state index contributed by atoms with van der Waals surface area (Å²) in [5, 5.41) is 1.20. The van der Waals surface area contributed by atoms with Gasteiger partial charge in [0.15, 0.2) is 0 Å². The number of H-pyrrole nitrogens is 1. The first-order valence-electron chi connectivity index (χ1n) is 12.0. The molecule has 1 N–H and O–H groups in total. The van der Waals surface area contributed by atoms with E-state index in [1.807, 2.05) is 0 Å². The van der Waals surface area contributed by atoms with Crippen LogP contribution in [0.2, 0.25) is 0 Å². The molecule has 2 heteroatoms. The molecule has 6 rings (SSSR count). The molecule has 0 amide bonds. The number of benzene rings is 4. The van der Waals surface area contributed by atoms with Gasteiger partial charge in [0.25, 0.3) is 0 Å². The first-order valence-corrected chi connectivity index (χ1v) is 12.0. The lowest BCUT2D eigenvalue weighted by Crippen LogP contribution is -2.36. The zero-order valence-electron chi connectivity index (χ0n) is 19.6. The standard InChI is InChI=1S/C33H26N2/c1-2-30-29(23-28-22-25-16-12-13-21-31(25)34-28)33(26-17-8-4-9-18-26,27-19-10-5-11-20-27)32(35-30)24-14-6-3-7-15-24/h2-23,34H,1H3/b29-23+,30-2+. The van der Waals surface area contributed by atoms with E-state index in [1.165, 1.54) is 22.1 Å². The van der Waals surface area contributed by atoms with Crippen LogP contribution < -0.4 is 0 Å². The minimum atomic E-state index is -0.553. The van der Waals surface area contributed by atoms with Crippen LogP contribution in [0.15, 0.2) is 144 Å². The molecular weight excluding hydrogens is 424 g/mol. The van der Waals surface area contributed by atoms with Crippen LogP contribution in [0.3, 0.4) is 0 Å². The van der Waals surface area contributed by atoms with Crippen LogP contribution in [-0.2, 0) is 5.41 Å². The Bertz CT molecular complexity index is 1500. The maximum Gasteiger partial charge on any atom is 0.0901 e. The highest BCUT2D eigenvalue weighted by atomic mass is 14.9. The molecule has 0 saturated carbocycles. The summed E-state index contributed by atoms with van der Waals surface area (Å²) in [6, 6.07) is 42.7. The van der Waals surface area contributed by atoms with Gasteiger partial charge in [0.05, 0.1) is 16.8 Å². The van der Waals surface area contributed by atoms with Gasteiger partial charge in [0.2, 0.25) is 0 Å². The van der Waals surface area contributed by atoms with E-state index in [0.29, 0.717) is 0 Å². The van der Waals surface area contributed by atoms with Crippen molar-refractivity contribution in [3.8, 4) is 0 Å². The predicted molar refractivity (Wildman–Crippen MR) is 147 cm³/mol. The Balaban J connectivity index is 1.71. The van der Waals surface area contributed by atoms with Gasteiger partial charge < -0.3 is 4.98 Å². The zero-order valence-corrected chi connectivity index (χ0v) is 19.6. The molecule has 1 aromatic heterocycles. The number of rotatable bonds is 4. The van der Waals surface area contributed by atoms with Crippen LogP contribution in [0.25, 0.3) is 17.0 Å². The van der Waals surface area contributed by atoms with Crippen LogP contribution in [0.5, 0.6) is 0 Å². The zero-order chi connectivity index (χ0) is 23.7. The van der Waals surface area contributed by atoms with Crippen molar-refractivity contribution in [2.24, 2.45) is 4.99 Å². The highest BCUT2D eigenvalue weighted by Gasteiger charge is 2.48. The second-order valence-corrected chi connectivity index (χ2v) is 8.85. The Morgan fingerprint density at radius 2 is 1.26 bits per heavy atom. The van der Waals surface area contributed by atoms with E-state index in [-0.39, 0.29) is 0 Å². The topological polar surface area (TPSA) is 28.1 Å². The first kappa shape index (κ1) is 21.1. The SMILES string of the molecule is C/C=C1/N=C(c2ccccc2)C(c2ccccc2)(c2ccccc2)/C1=C/c1cc2ccccc2[nH]1. The molecule has 0 unspecified atom stereocenters. The molecule has 5 aromatic rings. The van der Waals surface area contributed by atoms with Gasteiger partial charge in [-0.2, -0.15) is 0 Å². The Morgan fingerprint density at radius 1 is 0.686 bits per heavy atom. The first-order chi connectivity index (χ1) is 17.3. The number of aromatic amines is 1.